The summed E-state index contributed by atoms with van der Waals surface area (Å²) in [7, 11) is 0. The molecule has 180 valence electrons. The molecule has 34 heavy (non-hydrogen) atoms. The molecule has 3 N–H and O–H groups in total. The Balaban J connectivity index is 1.34. The highest BCUT2D eigenvalue weighted by Gasteiger charge is 2.36. The van der Waals surface area contributed by atoms with Gasteiger partial charge in [0, 0.05) is 25.0 Å². The molecule has 0 bridgehead atoms. The van der Waals surface area contributed by atoms with Crippen LogP contribution in [0.3, 0.4) is 0 Å². The lowest BCUT2D eigenvalue weighted by molar-refractivity contribution is -0.148. The van der Waals surface area contributed by atoms with Crippen LogP contribution in [0.1, 0.15) is 43.7 Å². The maximum atomic E-state index is 12.6. The second kappa shape index (κ2) is 10.3. The molecular weight excluding hydrogens is 436 g/mol. The Hall–Kier alpha value is -3.39. The van der Waals surface area contributed by atoms with Crippen molar-refractivity contribution in [2.75, 3.05) is 13.2 Å². The lowest BCUT2D eigenvalue weighted by atomic mass is 9.98. The number of carboxylic acid groups (broad SMARTS) is 1. The molecule has 0 saturated carbocycles. The van der Waals surface area contributed by atoms with Crippen molar-refractivity contribution in [2.24, 2.45) is 5.92 Å². The average Bonchev–Trinajstić information content (AvgIpc) is 3.40. The fourth-order valence-electron chi connectivity index (χ4n) is 4.69. The molecule has 2 amide bonds. The summed E-state index contributed by atoms with van der Waals surface area (Å²) in [5.41, 5.74) is 4.56. The number of fused-ring (bicyclic) bond motifs is 3. The molecule has 1 saturated heterocycles. The summed E-state index contributed by atoms with van der Waals surface area (Å²) >= 11 is 0. The molecule has 0 spiro atoms. The van der Waals surface area contributed by atoms with E-state index in [1.807, 2.05) is 38.1 Å². The van der Waals surface area contributed by atoms with Gasteiger partial charge in [-0.2, -0.15) is 0 Å². The molecule has 2 aliphatic rings. The van der Waals surface area contributed by atoms with Crippen LogP contribution < -0.4 is 10.6 Å². The van der Waals surface area contributed by atoms with E-state index >= 15 is 0 Å². The molecule has 4 rings (SSSR count). The Kier molecular flexibility index (Phi) is 7.17. The minimum atomic E-state index is -1.10. The van der Waals surface area contributed by atoms with E-state index in [0.717, 1.165) is 22.3 Å². The van der Waals surface area contributed by atoms with Gasteiger partial charge in [-0.25, -0.2) is 9.59 Å². The third kappa shape index (κ3) is 5.07. The van der Waals surface area contributed by atoms with Crippen molar-refractivity contribution in [3.8, 4) is 11.1 Å². The minimum absolute atomic E-state index is 0.0186. The van der Waals surface area contributed by atoms with Gasteiger partial charge in [0.05, 0.1) is 6.04 Å². The number of alkyl carbamates (subject to hydrolysis) is 1. The molecular formula is C26H30N2O6. The van der Waals surface area contributed by atoms with Crippen LogP contribution in [0, 0.1) is 5.92 Å². The van der Waals surface area contributed by atoms with E-state index in [1.54, 1.807) is 0 Å². The molecule has 1 fully saturated rings. The number of aliphatic carboxylic acids is 1. The van der Waals surface area contributed by atoms with E-state index in [2.05, 4.69) is 34.9 Å². The first-order chi connectivity index (χ1) is 16.3. The summed E-state index contributed by atoms with van der Waals surface area (Å²) in [5, 5.41) is 14.7. The van der Waals surface area contributed by atoms with Gasteiger partial charge in [0.2, 0.25) is 5.91 Å². The minimum Gasteiger partial charge on any atom is -0.479 e. The predicted octanol–water partition coefficient (Wildman–Crippen LogP) is 3.30. The van der Waals surface area contributed by atoms with Crippen molar-refractivity contribution in [1.29, 1.82) is 0 Å². The van der Waals surface area contributed by atoms with E-state index in [0.29, 0.717) is 6.42 Å². The summed E-state index contributed by atoms with van der Waals surface area (Å²) in [6.45, 7) is 4.28. The maximum absolute atomic E-state index is 12.6. The Morgan fingerprint density at radius 3 is 2.26 bits per heavy atom. The zero-order chi connectivity index (χ0) is 24.2. The normalized spacial score (nSPS) is 19.9. The van der Waals surface area contributed by atoms with Crippen LogP contribution in [0.15, 0.2) is 48.5 Å². The zero-order valence-electron chi connectivity index (χ0n) is 19.3. The van der Waals surface area contributed by atoms with E-state index in [-0.39, 0.29) is 37.4 Å². The van der Waals surface area contributed by atoms with Crippen molar-refractivity contribution in [3.63, 3.8) is 0 Å². The van der Waals surface area contributed by atoms with Crippen molar-refractivity contribution in [1.82, 2.24) is 10.6 Å². The quantitative estimate of drug-likeness (QED) is 0.550. The van der Waals surface area contributed by atoms with Gasteiger partial charge < -0.3 is 25.2 Å². The lowest BCUT2D eigenvalue weighted by Gasteiger charge is -2.24. The second-order valence-corrected chi connectivity index (χ2v) is 9.12. The molecule has 8 heteroatoms. The molecule has 2 aromatic carbocycles. The number of nitrogens with one attached hydrogen (secondary N) is 2. The summed E-state index contributed by atoms with van der Waals surface area (Å²) in [5.74, 6) is -1.50. The van der Waals surface area contributed by atoms with Crippen LogP contribution in [0.4, 0.5) is 4.79 Å². The highest BCUT2D eigenvalue weighted by molar-refractivity contribution is 5.81. The number of carboxylic acids is 1. The molecule has 0 aromatic heterocycles. The predicted molar refractivity (Wildman–Crippen MR) is 125 cm³/mol. The van der Waals surface area contributed by atoms with Gasteiger partial charge in [0.1, 0.15) is 6.61 Å². The molecule has 2 aromatic rings. The lowest BCUT2D eigenvalue weighted by Crippen LogP contribution is -2.47. The van der Waals surface area contributed by atoms with Crippen LogP contribution in [0.25, 0.3) is 11.1 Å². The van der Waals surface area contributed by atoms with Gasteiger partial charge in [-0.05, 0) is 34.6 Å². The third-order valence-corrected chi connectivity index (χ3v) is 6.54. The average molecular weight is 467 g/mol. The number of hydrogen-bond donors (Lipinski definition) is 3. The van der Waals surface area contributed by atoms with Crippen LogP contribution >= 0.6 is 0 Å². The van der Waals surface area contributed by atoms with Crippen LogP contribution in [-0.2, 0) is 19.1 Å². The Morgan fingerprint density at radius 2 is 1.68 bits per heavy atom. The Morgan fingerprint density at radius 1 is 1.06 bits per heavy atom. The number of benzene rings is 2. The smallest absolute Gasteiger partial charge is 0.407 e. The van der Waals surface area contributed by atoms with E-state index < -0.39 is 30.3 Å². The summed E-state index contributed by atoms with van der Waals surface area (Å²) in [6, 6.07) is 15.2. The molecule has 3 atom stereocenters. The monoisotopic (exact) mass is 466 g/mol. The topological polar surface area (TPSA) is 114 Å². The van der Waals surface area contributed by atoms with Gasteiger partial charge in [-0.3, -0.25) is 4.79 Å². The van der Waals surface area contributed by atoms with Gasteiger partial charge in [-0.1, -0.05) is 62.4 Å². The largest absolute Gasteiger partial charge is 0.479 e. The van der Waals surface area contributed by atoms with Gasteiger partial charge in [0.15, 0.2) is 6.10 Å². The Labute approximate surface area is 198 Å². The maximum Gasteiger partial charge on any atom is 0.407 e. The highest BCUT2D eigenvalue weighted by atomic mass is 16.5. The second-order valence-electron chi connectivity index (χ2n) is 9.12. The van der Waals surface area contributed by atoms with Gasteiger partial charge in [-0.15, -0.1) is 0 Å². The van der Waals surface area contributed by atoms with Crippen LogP contribution in [0.2, 0.25) is 0 Å². The fourth-order valence-corrected chi connectivity index (χ4v) is 4.69. The molecule has 1 heterocycles. The third-order valence-electron chi connectivity index (χ3n) is 6.54. The van der Waals surface area contributed by atoms with Crippen molar-refractivity contribution < 1.29 is 29.0 Å². The van der Waals surface area contributed by atoms with Crippen LogP contribution in [0.5, 0.6) is 0 Å². The first-order valence-corrected chi connectivity index (χ1v) is 11.6. The zero-order valence-corrected chi connectivity index (χ0v) is 19.3. The van der Waals surface area contributed by atoms with E-state index in [1.165, 1.54) is 0 Å². The van der Waals surface area contributed by atoms with E-state index in [9.17, 15) is 19.5 Å². The summed E-state index contributed by atoms with van der Waals surface area (Å²) in [6.07, 6.45) is -1.17. The first-order valence-electron chi connectivity index (χ1n) is 11.6. The van der Waals surface area contributed by atoms with Crippen molar-refractivity contribution in [2.45, 2.75) is 50.8 Å². The number of ether oxygens (including phenoxy) is 2. The molecule has 0 unspecified atom stereocenters. The molecule has 8 nitrogen and oxygen atoms in total. The number of rotatable bonds is 8. The number of hydrogen-bond acceptors (Lipinski definition) is 5. The summed E-state index contributed by atoms with van der Waals surface area (Å²) < 4.78 is 10.8. The highest BCUT2D eigenvalue weighted by Crippen LogP contribution is 2.44. The number of carbonyl (C=O) groups excluding carboxylic acids is 2. The summed E-state index contributed by atoms with van der Waals surface area (Å²) in [4.78, 5) is 36.5. The number of amides is 2. The van der Waals surface area contributed by atoms with Crippen molar-refractivity contribution >= 4 is 18.0 Å². The number of carbonyl (C=O) groups is 3. The van der Waals surface area contributed by atoms with Crippen LogP contribution in [-0.4, -0.2) is 54.5 Å². The standard InChI is InChI=1S/C26H30N2O6/c1-15(2)22(13-23(29)27-21-11-12-33-24(21)25(30)31)28-26(32)34-14-20-18-9-5-3-7-16(18)17-8-4-6-10-19(17)20/h3-10,15,20-22,24H,11-14H2,1-2H3,(H,27,29)(H,28,32)(H,30,31)/t21-,22+,24+/m0/s1. The molecule has 1 aliphatic carbocycles. The first kappa shape index (κ1) is 23.8. The van der Waals surface area contributed by atoms with Crippen molar-refractivity contribution in [3.05, 3.63) is 59.7 Å². The molecule has 0 radical (unpaired) electrons. The van der Waals surface area contributed by atoms with Gasteiger partial charge in [0.25, 0.3) is 0 Å². The molecule has 1 aliphatic heterocycles. The van der Waals surface area contributed by atoms with Gasteiger partial charge >= 0.3 is 12.1 Å². The fraction of sp³-hybridized carbons (Fsp3) is 0.423. The SMILES string of the molecule is CC(C)[C@@H](CC(=O)N[C@H]1CCO[C@H]1C(=O)O)NC(=O)OCC1c2ccccc2-c2ccccc21. The van der Waals surface area contributed by atoms with E-state index in [4.69, 9.17) is 9.47 Å². The Bertz CT molecular complexity index is 1020.